The molecular weight excluding hydrogens is 278 g/mol. The third-order valence-electron chi connectivity index (χ3n) is 2.11. The van der Waals surface area contributed by atoms with Crippen molar-refractivity contribution in [2.45, 2.75) is 12.5 Å². The summed E-state index contributed by atoms with van der Waals surface area (Å²) in [5.74, 6) is -2.48. The van der Waals surface area contributed by atoms with Gasteiger partial charge in [0.1, 0.15) is 22.4 Å². The molecule has 0 aromatic heterocycles. The Balaban J connectivity index is 4.54. The highest BCUT2D eigenvalue weighted by atomic mass is 32.2. The SMILES string of the molecule is CN(CC(N)=O)C(=O)NC(CCS(C)(=O)=O)C(=O)O. The van der Waals surface area contributed by atoms with Gasteiger partial charge in [0.05, 0.1) is 5.75 Å². The highest BCUT2D eigenvalue weighted by molar-refractivity contribution is 7.90. The van der Waals surface area contributed by atoms with E-state index in [4.69, 9.17) is 10.8 Å². The van der Waals surface area contributed by atoms with Gasteiger partial charge in [-0.25, -0.2) is 18.0 Å². The second kappa shape index (κ2) is 6.92. The Kier molecular flexibility index (Phi) is 6.25. The molecule has 1 atom stereocenters. The minimum atomic E-state index is -3.33. The van der Waals surface area contributed by atoms with E-state index in [1.165, 1.54) is 7.05 Å². The van der Waals surface area contributed by atoms with Crippen molar-refractivity contribution in [1.82, 2.24) is 10.2 Å². The Morgan fingerprint density at radius 1 is 1.37 bits per heavy atom. The van der Waals surface area contributed by atoms with Crippen molar-refractivity contribution in [3.63, 3.8) is 0 Å². The van der Waals surface area contributed by atoms with Crippen LogP contribution >= 0.6 is 0 Å². The Hall–Kier alpha value is -1.84. The summed E-state index contributed by atoms with van der Waals surface area (Å²) in [7, 11) is -2.07. The van der Waals surface area contributed by atoms with E-state index in [1.54, 1.807) is 0 Å². The van der Waals surface area contributed by atoms with Gasteiger partial charge in [-0.15, -0.1) is 0 Å². The van der Waals surface area contributed by atoms with Gasteiger partial charge in [0.15, 0.2) is 0 Å². The zero-order valence-corrected chi connectivity index (χ0v) is 11.4. The van der Waals surface area contributed by atoms with Crippen LogP contribution < -0.4 is 11.1 Å². The minimum absolute atomic E-state index is 0.260. The average Bonchev–Trinajstić information content (AvgIpc) is 2.20. The van der Waals surface area contributed by atoms with Gasteiger partial charge in [-0.05, 0) is 6.42 Å². The molecule has 0 bridgehead atoms. The Morgan fingerprint density at radius 2 is 1.89 bits per heavy atom. The quantitative estimate of drug-likeness (QED) is 0.495. The summed E-state index contributed by atoms with van der Waals surface area (Å²) in [5, 5.41) is 11.0. The number of carbonyl (C=O) groups is 3. The second-order valence-electron chi connectivity index (χ2n) is 4.08. The van der Waals surface area contributed by atoms with Crippen molar-refractivity contribution >= 4 is 27.7 Å². The average molecular weight is 295 g/mol. The van der Waals surface area contributed by atoms with Crippen LogP contribution in [0.3, 0.4) is 0 Å². The van der Waals surface area contributed by atoms with Crippen molar-refractivity contribution < 1.29 is 27.9 Å². The molecule has 0 heterocycles. The number of carboxylic acid groups (broad SMARTS) is 1. The minimum Gasteiger partial charge on any atom is -0.480 e. The van der Waals surface area contributed by atoms with Crippen LogP contribution in [0.2, 0.25) is 0 Å². The molecule has 9 nitrogen and oxygen atoms in total. The first kappa shape index (κ1) is 17.2. The lowest BCUT2D eigenvalue weighted by Gasteiger charge is -2.20. The summed E-state index contributed by atoms with van der Waals surface area (Å²) < 4.78 is 21.9. The van der Waals surface area contributed by atoms with Crippen LogP contribution in [0.4, 0.5) is 4.79 Å². The van der Waals surface area contributed by atoms with Gasteiger partial charge in [0.25, 0.3) is 0 Å². The lowest BCUT2D eigenvalue weighted by molar-refractivity contribution is -0.139. The van der Waals surface area contributed by atoms with E-state index in [0.717, 1.165) is 11.2 Å². The molecule has 10 heteroatoms. The molecule has 0 rings (SSSR count). The van der Waals surface area contributed by atoms with Crippen LogP contribution in [0.25, 0.3) is 0 Å². The molecule has 0 saturated carbocycles. The maximum Gasteiger partial charge on any atom is 0.326 e. The molecule has 0 spiro atoms. The van der Waals surface area contributed by atoms with Gasteiger partial charge < -0.3 is 21.1 Å². The van der Waals surface area contributed by atoms with Gasteiger partial charge in [-0.3, -0.25) is 4.79 Å². The van der Waals surface area contributed by atoms with Crippen molar-refractivity contribution in [3.05, 3.63) is 0 Å². The van der Waals surface area contributed by atoms with Crippen LogP contribution in [0.1, 0.15) is 6.42 Å². The van der Waals surface area contributed by atoms with Crippen LogP contribution in [-0.2, 0) is 19.4 Å². The summed E-state index contributed by atoms with van der Waals surface area (Å²) in [5.41, 5.74) is 4.88. The van der Waals surface area contributed by atoms with Gasteiger partial charge >= 0.3 is 12.0 Å². The number of hydrogen-bond donors (Lipinski definition) is 3. The predicted octanol–water partition coefficient (Wildman–Crippen LogP) is -2.00. The van der Waals surface area contributed by atoms with E-state index < -0.39 is 33.8 Å². The summed E-state index contributed by atoms with van der Waals surface area (Å²) in [4.78, 5) is 33.9. The normalized spacial score (nSPS) is 12.5. The van der Waals surface area contributed by atoms with Gasteiger partial charge in [0.2, 0.25) is 5.91 Å². The van der Waals surface area contributed by atoms with Crippen molar-refractivity contribution in [2.75, 3.05) is 25.6 Å². The van der Waals surface area contributed by atoms with Crippen LogP contribution in [0.5, 0.6) is 0 Å². The molecule has 0 aromatic carbocycles. The number of likely N-dealkylation sites (N-methyl/N-ethyl adjacent to an activating group) is 1. The number of primary amides is 1. The summed E-state index contributed by atoms with van der Waals surface area (Å²) >= 11 is 0. The number of urea groups is 1. The predicted molar refractivity (Wildman–Crippen MR) is 66.1 cm³/mol. The standard InChI is InChI=1S/C9H17N3O6S/c1-12(5-7(10)13)9(16)11-6(8(14)15)3-4-19(2,17)18/h6H,3-5H2,1-2H3,(H2,10,13)(H,11,16)(H,14,15). The van der Waals surface area contributed by atoms with Crippen molar-refractivity contribution in [2.24, 2.45) is 5.73 Å². The zero-order chi connectivity index (χ0) is 15.2. The Morgan fingerprint density at radius 3 is 2.26 bits per heavy atom. The fourth-order valence-electron chi connectivity index (χ4n) is 1.15. The summed E-state index contributed by atoms with van der Waals surface area (Å²) in [6, 6.07) is -2.17. The van der Waals surface area contributed by atoms with E-state index in [2.05, 4.69) is 5.32 Å². The number of nitrogens with zero attached hydrogens (tertiary/aromatic N) is 1. The molecular formula is C9H17N3O6S. The molecule has 0 fully saturated rings. The number of amides is 3. The maximum atomic E-state index is 11.5. The maximum absolute atomic E-state index is 11.5. The Labute approximate surface area is 110 Å². The van der Waals surface area contributed by atoms with E-state index in [0.29, 0.717) is 0 Å². The molecule has 0 aliphatic heterocycles. The number of sulfone groups is 1. The molecule has 110 valence electrons. The molecule has 0 saturated heterocycles. The first-order chi connectivity index (χ1) is 8.53. The largest absolute Gasteiger partial charge is 0.480 e. The van der Waals surface area contributed by atoms with E-state index >= 15 is 0 Å². The number of nitrogens with one attached hydrogen (secondary N) is 1. The van der Waals surface area contributed by atoms with E-state index in [-0.39, 0.29) is 18.7 Å². The third kappa shape index (κ3) is 7.97. The molecule has 3 amide bonds. The van der Waals surface area contributed by atoms with Gasteiger partial charge in [-0.1, -0.05) is 0 Å². The number of carboxylic acids is 1. The molecule has 0 aliphatic rings. The van der Waals surface area contributed by atoms with Crippen LogP contribution in [-0.4, -0.2) is 68.0 Å². The van der Waals surface area contributed by atoms with Crippen LogP contribution in [0, 0.1) is 0 Å². The molecule has 4 N–H and O–H groups in total. The van der Waals surface area contributed by atoms with Gasteiger partial charge in [0, 0.05) is 13.3 Å². The third-order valence-corrected chi connectivity index (χ3v) is 3.09. The first-order valence-electron chi connectivity index (χ1n) is 5.23. The van der Waals surface area contributed by atoms with E-state index in [9.17, 15) is 22.8 Å². The lowest BCUT2D eigenvalue weighted by Crippen LogP contribution is -2.49. The smallest absolute Gasteiger partial charge is 0.326 e. The highest BCUT2D eigenvalue weighted by Crippen LogP contribution is 1.98. The van der Waals surface area contributed by atoms with Gasteiger partial charge in [-0.2, -0.15) is 0 Å². The number of rotatable bonds is 7. The summed E-state index contributed by atoms with van der Waals surface area (Å²) in [6.07, 6.45) is 0.706. The van der Waals surface area contributed by atoms with E-state index in [1.807, 2.05) is 0 Å². The number of carbonyl (C=O) groups excluding carboxylic acids is 2. The first-order valence-corrected chi connectivity index (χ1v) is 7.29. The molecule has 0 aliphatic carbocycles. The summed E-state index contributed by atoms with van der Waals surface area (Å²) in [6.45, 7) is -0.371. The van der Waals surface area contributed by atoms with Crippen molar-refractivity contribution in [3.8, 4) is 0 Å². The fourth-order valence-corrected chi connectivity index (χ4v) is 1.82. The van der Waals surface area contributed by atoms with Crippen molar-refractivity contribution in [1.29, 1.82) is 0 Å². The zero-order valence-electron chi connectivity index (χ0n) is 10.6. The fraction of sp³-hybridized carbons (Fsp3) is 0.667. The monoisotopic (exact) mass is 295 g/mol. The molecule has 19 heavy (non-hydrogen) atoms. The molecule has 1 unspecified atom stereocenters. The number of nitrogens with two attached hydrogens (primary N) is 1. The second-order valence-corrected chi connectivity index (χ2v) is 6.34. The number of aliphatic carboxylic acids is 1. The Bertz CT molecular complexity index is 461. The molecule has 0 aromatic rings. The topological polar surface area (TPSA) is 147 Å². The molecule has 0 radical (unpaired) electrons. The number of hydrogen-bond acceptors (Lipinski definition) is 5. The lowest BCUT2D eigenvalue weighted by atomic mass is 10.2. The van der Waals surface area contributed by atoms with Crippen LogP contribution in [0.15, 0.2) is 0 Å². The highest BCUT2D eigenvalue weighted by Gasteiger charge is 2.23.